The highest BCUT2D eigenvalue weighted by Crippen LogP contribution is 1.95. The molecule has 0 bridgehead atoms. The monoisotopic (exact) mass is 183 g/mol. The lowest BCUT2D eigenvalue weighted by Gasteiger charge is -2.03. The smallest absolute Gasteiger partial charge is 0.137 e. The van der Waals surface area contributed by atoms with Crippen LogP contribution in [0.3, 0.4) is 0 Å². The predicted molar refractivity (Wildman–Crippen MR) is 52.6 cm³/mol. The van der Waals surface area contributed by atoms with E-state index in [1.54, 1.807) is 14.0 Å². The zero-order chi connectivity index (χ0) is 10.1. The molecule has 0 aromatic carbocycles. The number of aldehydes is 1. The number of hydrogen-bond donors (Lipinski definition) is 1. The summed E-state index contributed by atoms with van der Waals surface area (Å²) < 4.78 is 0. The molecule has 0 saturated carbocycles. The molecule has 3 nitrogen and oxygen atoms in total. The van der Waals surface area contributed by atoms with Crippen molar-refractivity contribution in [1.82, 2.24) is 5.32 Å². The highest BCUT2D eigenvalue weighted by molar-refractivity contribution is 5.75. The van der Waals surface area contributed by atoms with Crippen LogP contribution in [-0.2, 0) is 9.59 Å². The number of carbonyl (C=O) groups excluding carboxylic acids is 2. The second kappa shape index (κ2) is 7.68. The van der Waals surface area contributed by atoms with Crippen LogP contribution in [0.25, 0.3) is 0 Å². The highest BCUT2D eigenvalue weighted by Gasteiger charge is 1.98. The molecule has 0 aliphatic carbocycles. The maximum Gasteiger partial charge on any atom is 0.137 e. The lowest BCUT2D eigenvalue weighted by atomic mass is 10.2. The molecule has 1 atom stereocenters. The average Bonchev–Trinajstić information content (AvgIpc) is 2.11. The molecule has 0 rings (SSSR count). The number of rotatable bonds is 7. The molecule has 0 aromatic heterocycles. The Hall–Kier alpha value is -0.960. The van der Waals surface area contributed by atoms with Crippen molar-refractivity contribution in [1.29, 1.82) is 0 Å². The van der Waals surface area contributed by atoms with Crippen LogP contribution in [0.1, 0.15) is 26.2 Å². The number of allylic oxidation sites excluding steroid dienone is 1. The largest absolute Gasteiger partial charge is 0.311 e. The average molecular weight is 183 g/mol. The van der Waals surface area contributed by atoms with E-state index in [2.05, 4.69) is 5.32 Å². The third-order valence-corrected chi connectivity index (χ3v) is 1.75. The number of nitrogens with one attached hydrogen (secondary N) is 1. The molecule has 74 valence electrons. The fraction of sp³-hybridized carbons (Fsp3) is 0.600. The Morgan fingerprint density at radius 2 is 2.15 bits per heavy atom. The normalized spacial score (nSPS) is 13.1. The van der Waals surface area contributed by atoms with Crippen molar-refractivity contribution in [2.45, 2.75) is 32.2 Å². The van der Waals surface area contributed by atoms with Gasteiger partial charge in [-0.05, 0) is 26.8 Å². The summed E-state index contributed by atoms with van der Waals surface area (Å²) in [7, 11) is 1.75. The van der Waals surface area contributed by atoms with E-state index in [0.29, 0.717) is 12.8 Å². The van der Waals surface area contributed by atoms with Crippen LogP contribution in [0.2, 0.25) is 0 Å². The lowest BCUT2D eigenvalue weighted by Crippen LogP contribution is -2.25. The van der Waals surface area contributed by atoms with Crippen molar-refractivity contribution in [2.75, 3.05) is 7.05 Å². The molecule has 0 heterocycles. The molecular formula is C10H17NO2. The maximum atomic E-state index is 10.6. The Morgan fingerprint density at radius 1 is 1.46 bits per heavy atom. The van der Waals surface area contributed by atoms with Gasteiger partial charge in [0.05, 0.1) is 6.04 Å². The van der Waals surface area contributed by atoms with Crippen molar-refractivity contribution in [3.8, 4) is 0 Å². The van der Waals surface area contributed by atoms with E-state index in [1.807, 2.05) is 12.2 Å². The van der Waals surface area contributed by atoms with Gasteiger partial charge in [0.25, 0.3) is 0 Å². The van der Waals surface area contributed by atoms with Gasteiger partial charge < -0.3 is 14.9 Å². The SMILES string of the molecule is CN[C@H](C=O)C/C=C/CCC(C)=O. The molecule has 0 aliphatic rings. The molecule has 0 fully saturated rings. The Kier molecular flexibility index (Phi) is 7.11. The minimum atomic E-state index is -0.103. The zero-order valence-electron chi connectivity index (χ0n) is 8.25. The summed E-state index contributed by atoms with van der Waals surface area (Å²) in [5, 5.41) is 2.87. The molecule has 0 spiro atoms. The van der Waals surface area contributed by atoms with E-state index >= 15 is 0 Å². The number of Topliss-reactive ketones (excluding diaryl/α,β-unsaturated/α-hetero) is 1. The van der Waals surface area contributed by atoms with Crippen molar-refractivity contribution in [2.24, 2.45) is 0 Å². The van der Waals surface area contributed by atoms with Crippen LogP contribution in [-0.4, -0.2) is 25.2 Å². The second-order valence-electron chi connectivity index (χ2n) is 2.98. The number of hydrogen-bond acceptors (Lipinski definition) is 3. The van der Waals surface area contributed by atoms with Crippen LogP contribution < -0.4 is 5.32 Å². The van der Waals surface area contributed by atoms with Crippen molar-refractivity contribution in [3.05, 3.63) is 12.2 Å². The van der Waals surface area contributed by atoms with Gasteiger partial charge in [0.2, 0.25) is 0 Å². The predicted octanol–water partition coefficient (Wildman–Crippen LogP) is 1.09. The first kappa shape index (κ1) is 12.0. The summed E-state index contributed by atoms with van der Waals surface area (Å²) in [6.45, 7) is 1.58. The van der Waals surface area contributed by atoms with Gasteiger partial charge in [0, 0.05) is 6.42 Å². The first-order valence-corrected chi connectivity index (χ1v) is 4.47. The van der Waals surface area contributed by atoms with Gasteiger partial charge in [0.1, 0.15) is 12.1 Å². The molecule has 3 heteroatoms. The summed E-state index contributed by atoms with van der Waals surface area (Å²) in [5.74, 6) is 0.199. The van der Waals surface area contributed by atoms with E-state index in [1.165, 1.54) is 0 Å². The first-order valence-electron chi connectivity index (χ1n) is 4.47. The van der Waals surface area contributed by atoms with Gasteiger partial charge in [-0.1, -0.05) is 12.2 Å². The molecular weight excluding hydrogens is 166 g/mol. The number of carbonyl (C=O) groups is 2. The highest BCUT2D eigenvalue weighted by atomic mass is 16.1. The van der Waals surface area contributed by atoms with Gasteiger partial charge in [-0.25, -0.2) is 0 Å². The topological polar surface area (TPSA) is 46.2 Å². The van der Waals surface area contributed by atoms with Gasteiger partial charge in [-0.3, -0.25) is 0 Å². The van der Waals surface area contributed by atoms with E-state index in [4.69, 9.17) is 0 Å². The maximum absolute atomic E-state index is 10.6. The van der Waals surface area contributed by atoms with E-state index < -0.39 is 0 Å². The minimum Gasteiger partial charge on any atom is -0.311 e. The quantitative estimate of drug-likeness (QED) is 0.474. The molecule has 0 unspecified atom stereocenters. The Morgan fingerprint density at radius 3 is 2.62 bits per heavy atom. The number of likely N-dealkylation sites (N-methyl/N-ethyl adjacent to an activating group) is 1. The molecule has 0 aromatic rings. The van der Waals surface area contributed by atoms with Crippen LogP contribution >= 0.6 is 0 Å². The zero-order valence-corrected chi connectivity index (χ0v) is 8.25. The van der Waals surface area contributed by atoms with Gasteiger partial charge in [-0.15, -0.1) is 0 Å². The molecule has 0 saturated heterocycles. The molecule has 0 radical (unpaired) electrons. The molecule has 0 aliphatic heterocycles. The van der Waals surface area contributed by atoms with Crippen LogP contribution in [0, 0.1) is 0 Å². The van der Waals surface area contributed by atoms with Gasteiger partial charge in [-0.2, -0.15) is 0 Å². The fourth-order valence-corrected chi connectivity index (χ4v) is 0.889. The van der Waals surface area contributed by atoms with Crippen LogP contribution in [0.15, 0.2) is 12.2 Å². The van der Waals surface area contributed by atoms with E-state index in [9.17, 15) is 9.59 Å². The summed E-state index contributed by atoms with van der Waals surface area (Å²) in [4.78, 5) is 20.9. The van der Waals surface area contributed by atoms with Gasteiger partial charge in [0.15, 0.2) is 0 Å². The van der Waals surface area contributed by atoms with Gasteiger partial charge >= 0.3 is 0 Å². The standard InChI is InChI=1S/C10H17NO2/c1-9(13)6-4-3-5-7-10(8-12)11-2/h3,5,8,10-11H,4,6-7H2,1-2H3/b5-3+/t10-/m0/s1. The number of ketones is 1. The second-order valence-corrected chi connectivity index (χ2v) is 2.98. The summed E-state index contributed by atoms with van der Waals surface area (Å²) in [6.07, 6.45) is 6.80. The third-order valence-electron chi connectivity index (χ3n) is 1.75. The summed E-state index contributed by atoms with van der Waals surface area (Å²) in [5.41, 5.74) is 0. The Labute approximate surface area is 79.2 Å². The fourth-order valence-electron chi connectivity index (χ4n) is 0.889. The van der Waals surface area contributed by atoms with Crippen molar-refractivity contribution in [3.63, 3.8) is 0 Å². The lowest BCUT2D eigenvalue weighted by molar-refractivity contribution is -0.117. The Balaban J connectivity index is 3.50. The van der Waals surface area contributed by atoms with Crippen molar-refractivity contribution >= 4 is 12.1 Å². The molecule has 0 amide bonds. The minimum absolute atomic E-state index is 0.103. The first-order chi connectivity index (χ1) is 6.20. The molecule has 13 heavy (non-hydrogen) atoms. The Bertz CT molecular complexity index is 187. The summed E-state index contributed by atoms with van der Waals surface area (Å²) in [6, 6.07) is -0.103. The van der Waals surface area contributed by atoms with E-state index in [0.717, 1.165) is 12.7 Å². The van der Waals surface area contributed by atoms with Crippen LogP contribution in [0.4, 0.5) is 0 Å². The van der Waals surface area contributed by atoms with Crippen molar-refractivity contribution < 1.29 is 9.59 Å². The van der Waals surface area contributed by atoms with Crippen LogP contribution in [0.5, 0.6) is 0 Å². The molecule has 1 N–H and O–H groups in total. The summed E-state index contributed by atoms with van der Waals surface area (Å²) >= 11 is 0. The third kappa shape index (κ3) is 7.40. The van der Waals surface area contributed by atoms with E-state index in [-0.39, 0.29) is 11.8 Å².